The number of methoxy groups -OCH3 is 1. The summed E-state index contributed by atoms with van der Waals surface area (Å²) < 4.78 is 4.94. The van der Waals surface area contributed by atoms with Gasteiger partial charge in [-0.1, -0.05) is 35.9 Å². The largest absolute Gasteiger partial charge is 0.383 e. The molecule has 1 amide bonds. The van der Waals surface area contributed by atoms with Crippen LogP contribution in [0.3, 0.4) is 0 Å². The van der Waals surface area contributed by atoms with Crippen molar-refractivity contribution in [2.24, 2.45) is 0 Å². The first-order chi connectivity index (χ1) is 11.2. The van der Waals surface area contributed by atoms with Crippen LogP contribution >= 0.6 is 23.4 Å². The summed E-state index contributed by atoms with van der Waals surface area (Å²) in [5, 5.41) is 8.89. The molecule has 0 bridgehead atoms. The van der Waals surface area contributed by atoms with Crippen molar-refractivity contribution in [1.29, 1.82) is 0 Å². The molecule has 4 nitrogen and oxygen atoms in total. The number of ether oxygens (including phenoxy) is 1. The van der Waals surface area contributed by atoms with Gasteiger partial charge in [0.15, 0.2) is 0 Å². The molecule has 0 aromatic heterocycles. The van der Waals surface area contributed by atoms with Gasteiger partial charge in [-0.25, -0.2) is 0 Å². The van der Waals surface area contributed by atoms with Crippen LogP contribution in [0.2, 0.25) is 5.02 Å². The highest BCUT2D eigenvalue weighted by molar-refractivity contribution is 8.00. The first kappa shape index (κ1) is 18.1. The number of thioether (sulfide) groups is 1. The van der Waals surface area contributed by atoms with Crippen LogP contribution < -0.4 is 10.6 Å². The number of amides is 1. The molecular weight excluding hydrogens is 332 g/mol. The van der Waals surface area contributed by atoms with Crippen molar-refractivity contribution < 1.29 is 9.53 Å². The zero-order chi connectivity index (χ0) is 16.5. The Morgan fingerprint density at radius 2 is 1.96 bits per heavy atom. The fraction of sp³-hybridized carbons (Fsp3) is 0.353. The molecule has 0 aliphatic carbocycles. The molecule has 2 N–H and O–H groups in total. The predicted octanol–water partition coefficient (Wildman–Crippen LogP) is 2.94. The molecule has 0 heterocycles. The third kappa shape index (κ3) is 5.70. The highest BCUT2D eigenvalue weighted by atomic mass is 35.5. The van der Waals surface area contributed by atoms with Crippen molar-refractivity contribution in [3.8, 4) is 0 Å². The van der Waals surface area contributed by atoms with Gasteiger partial charge in [0.1, 0.15) is 0 Å². The van der Waals surface area contributed by atoms with Crippen LogP contribution in [0.15, 0.2) is 41.3 Å². The molecule has 0 saturated carbocycles. The summed E-state index contributed by atoms with van der Waals surface area (Å²) in [6.07, 6.45) is 0. The standard InChI is InChI=1S/C17H21ClN2O2S/c1-22-11-10-19-8-9-20-16(21)12-23-15-7-3-5-13-4-2-6-14(18)17(13)15/h2-7,19H,8-12H2,1H3,(H,20,21). The van der Waals surface area contributed by atoms with Crippen LogP contribution in [0.25, 0.3) is 10.8 Å². The number of benzene rings is 2. The molecule has 0 fully saturated rings. The van der Waals surface area contributed by atoms with Crippen LogP contribution in [-0.4, -0.2) is 45.0 Å². The fourth-order valence-electron chi connectivity index (χ4n) is 2.17. The van der Waals surface area contributed by atoms with Crippen molar-refractivity contribution in [1.82, 2.24) is 10.6 Å². The highest BCUT2D eigenvalue weighted by Crippen LogP contribution is 2.32. The molecule has 0 saturated heterocycles. The van der Waals surface area contributed by atoms with Gasteiger partial charge in [-0.3, -0.25) is 4.79 Å². The van der Waals surface area contributed by atoms with E-state index in [1.807, 2.05) is 36.4 Å². The molecule has 2 aromatic carbocycles. The van der Waals surface area contributed by atoms with Crippen LogP contribution in [0.1, 0.15) is 0 Å². The SMILES string of the molecule is COCCNCCNC(=O)CSc1cccc2cccc(Cl)c12. The molecule has 6 heteroatoms. The number of nitrogens with one attached hydrogen (secondary N) is 2. The smallest absolute Gasteiger partial charge is 0.230 e. The summed E-state index contributed by atoms with van der Waals surface area (Å²) >= 11 is 7.80. The van der Waals surface area contributed by atoms with E-state index in [0.717, 1.165) is 28.8 Å². The van der Waals surface area contributed by atoms with Crippen molar-refractivity contribution in [3.63, 3.8) is 0 Å². The minimum Gasteiger partial charge on any atom is -0.383 e. The summed E-state index contributed by atoms with van der Waals surface area (Å²) in [4.78, 5) is 12.9. The van der Waals surface area contributed by atoms with Gasteiger partial charge in [0, 0.05) is 42.0 Å². The zero-order valence-electron chi connectivity index (χ0n) is 13.1. The minimum atomic E-state index is 0.0209. The molecule has 2 aromatic rings. The van der Waals surface area contributed by atoms with E-state index in [2.05, 4.69) is 10.6 Å². The molecule has 2 rings (SSSR count). The van der Waals surface area contributed by atoms with Crippen LogP contribution in [-0.2, 0) is 9.53 Å². The maximum atomic E-state index is 11.9. The second-order valence-corrected chi connectivity index (χ2v) is 6.40. The Hall–Kier alpha value is -1.27. The van der Waals surface area contributed by atoms with Crippen molar-refractivity contribution in [2.45, 2.75) is 4.90 Å². The molecule has 124 valence electrons. The Morgan fingerprint density at radius 3 is 2.74 bits per heavy atom. The third-order valence-electron chi connectivity index (χ3n) is 3.28. The fourth-order valence-corrected chi connectivity index (χ4v) is 3.44. The first-order valence-corrected chi connectivity index (χ1v) is 8.85. The van der Waals surface area contributed by atoms with E-state index >= 15 is 0 Å². The maximum absolute atomic E-state index is 11.9. The van der Waals surface area contributed by atoms with Gasteiger partial charge in [-0.15, -0.1) is 11.8 Å². The lowest BCUT2D eigenvalue weighted by molar-refractivity contribution is -0.118. The Bertz CT molecular complexity index is 646. The number of fused-ring (bicyclic) bond motifs is 1. The Balaban J connectivity index is 1.81. The Morgan fingerprint density at radius 1 is 1.17 bits per heavy atom. The van der Waals surface area contributed by atoms with Crippen LogP contribution in [0, 0.1) is 0 Å². The first-order valence-electron chi connectivity index (χ1n) is 7.49. The molecule has 0 unspecified atom stereocenters. The normalized spacial score (nSPS) is 10.9. The van der Waals surface area contributed by atoms with E-state index < -0.39 is 0 Å². The van der Waals surface area contributed by atoms with E-state index in [4.69, 9.17) is 16.3 Å². The number of carbonyl (C=O) groups is 1. The topological polar surface area (TPSA) is 50.4 Å². The van der Waals surface area contributed by atoms with E-state index in [-0.39, 0.29) is 5.91 Å². The summed E-state index contributed by atoms with van der Waals surface area (Å²) in [6.45, 7) is 2.81. The van der Waals surface area contributed by atoms with Crippen LogP contribution in [0.4, 0.5) is 0 Å². The molecule has 0 radical (unpaired) electrons. The summed E-state index contributed by atoms with van der Waals surface area (Å²) in [5.74, 6) is 0.398. The summed E-state index contributed by atoms with van der Waals surface area (Å²) in [5.41, 5.74) is 0. The Kier molecular flexibility index (Phi) is 7.68. The van der Waals surface area contributed by atoms with Crippen molar-refractivity contribution in [2.75, 3.05) is 39.1 Å². The lowest BCUT2D eigenvalue weighted by atomic mass is 10.1. The zero-order valence-corrected chi connectivity index (χ0v) is 14.7. The minimum absolute atomic E-state index is 0.0209. The molecule has 0 aliphatic rings. The second kappa shape index (κ2) is 9.78. The monoisotopic (exact) mass is 352 g/mol. The van der Waals surface area contributed by atoms with Crippen molar-refractivity contribution >= 4 is 40.0 Å². The summed E-state index contributed by atoms with van der Waals surface area (Å²) in [7, 11) is 1.67. The molecule has 0 atom stereocenters. The molecule has 0 aliphatic heterocycles. The number of rotatable bonds is 9. The third-order valence-corrected chi connectivity index (χ3v) is 4.65. The van der Waals surface area contributed by atoms with Gasteiger partial charge < -0.3 is 15.4 Å². The van der Waals surface area contributed by atoms with Crippen molar-refractivity contribution in [3.05, 3.63) is 41.4 Å². The maximum Gasteiger partial charge on any atom is 0.230 e. The molecular formula is C17H21ClN2O2S. The van der Waals surface area contributed by atoms with Gasteiger partial charge >= 0.3 is 0 Å². The molecule has 23 heavy (non-hydrogen) atoms. The number of hydrogen-bond donors (Lipinski definition) is 2. The lowest BCUT2D eigenvalue weighted by Gasteiger charge is -2.09. The van der Waals surface area contributed by atoms with E-state index in [9.17, 15) is 4.79 Å². The lowest BCUT2D eigenvalue weighted by Crippen LogP contribution is -2.33. The summed E-state index contributed by atoms with van der Waals surface area (Å²) in [6, 6.07) is 11.8. The Labute approximate surface area is 145 Å². The van der Waals surface area contributed by atoms with E-state index in [1.54, 1.807) is 7.11 Å². The quantitative estimate of drug-likeness (QED) is 0.538. The van der Waals surface area contributed by atoms with Crippen LogP contribution in [0.5, 0.6) is 0 Å². The van der Waals surface area contributed by atoms with Gasteiger partial charge in [-0.2, -0.15) is 0 Å². The van der Waals surface area contributed by atoms with Gasteiger partial charge in [-0.05, 0) is 17.5 Å². The molecule has 0 spiro atoms. The number of halogens is 1. The predicted molar refractivity (Wildman–Crippen MR) is 97.4 cm³/mol. The number of hydrogen-bond acceptors (Lipinski definition) is 4. The highest BCUT2D eigenvalue weighted by Gasteiger charge is 2.08. The van der Waals surface area contributed by atoms with Gasteiger partial charge in [0.05, 0.1) is 12.4 Å². The average Bonchev–Trinajstić information content (AvgIpc) is 2.56. The van der Waals surface area contributed by atoms with E-state index in [0.29, 0.717) is 23.9 Å². The van der Waals surface area contributed by atoms with Gasteiger partial charge in [0.25, 0.3) is 0 Å². The number of carbonyl (C=O) groups excluding carboxylic acids is 1. The van der Waals surface area contributed by atoms with Gasteiger partial charge in [0.2, 0.25) is 5.91 Å². The second-order valence-electron chi connectivity index (χ2n) is 4.98. The van der Waals surface area contributed by atoms with E-state index in [1.165, 1.54) is 11.8 Å². The average molecular weight is 353 g/mol.